The second kappa shape index (κ2) is 9.72. The van der Waals surface area contributed by atoms with Gasteiger partial charge in [-0.25, -0.2) is 8.42 Å². The minimum atomic E-state index is -3.81. The number of carbonyl (C=O) groups excluding carboxylic acids is 1. The van der Waals surface area contributed by atoms with E-state index in [1.54, 1.807) is 42.5 Å². The van der Waals surface area contributed by atoms with Gasteiger partial charge >= 0.3 is 0 Å². The van der Waals surface area contributed by atoms with Crippen molar-refractivity contribution in [1.29, 1.82) is 0 Å². The molecule has 1 N–H and O–H groups in total. The van der Waals surface area contributed by atoms with E-state index in [-0.39, 0.29) is 11.4 Å². The summed E-state index contributed by atoms with van der Waals surface area (Å²) in [6.45, 7) is -0.477. The highest BCUT2D eigenvalue weighted by molar-refractivity contribution is 7.92. The molecule has 0 aliphatic carbocycles. The van der Waals surface area contributed by atoms with Crippen LogP contribution in [0.25, 0.3) is 0 Å². The molecular weight excluding hydrogens is 440 g/mol. The number of para-hydroxylation sites is 3. The quantitative estimate of drug-likeness (QED) is 0.533. The van der Waals surface area contributed by atoms with Gasteiger partial charge in [0.2, 0.25) is 15.9 Å². The van der Waals surface area contributed by atoms with Gasteiger partial charge in [0.15, 0.2) is 5.75 Å². The van der Waals surface area contributed by atoms with Crippen LogP contribution in [0.5, 0.6) is 17.2 Å². The van der Waals surface area contributed by atoms with E-state index in [4.69, 9.17) is 21.1 Å². The van der Waals surface area contributed by atoms with Crippen molar-refractivity contribution in [3.8, 4) is 17.2 Å². The van der Waals surface area contributed by atoms with E-state index in [1.807, 2.05) is 18.2 Å². The lowest BCUT2D eigenvalue weighted by molar-refractivity contribution is -0.114. The predicted molar refractivity (Wildman–Crippen MR) is 122 cm³/mol. The molecule has 1 amide bonds. The minimum absolute atomic E-state index is 0.168. The first kappa shape index (κ1) is 22.5. The molecule has 162 valence electrons. The van der Waals surface area contributed by atoms with Gasteiger partial charge < -0.3 is 14.8 Å². The van der Waals surface area contributed by atoms with Gasteiger partial charge in [-0.15, -0.1) is 0 Å². The first-order chi connectivity index (χ1) is 14.8. The fraction of sp³-hybridized carbons (Fsp3) is 0.136. The number of rotatable bonds is 8. The van der Waals surface area contributed by atoms with Crippen molar-refractivity contribution >= 4 is 38.9 Å². The van der Waals surface area contributed by atoms with Crippen LogP contribution >= 0.6 is 11.6 Å². The fourth-order valence-corrected chi connectivity index (χ4v) is 3.85. The Balaban J connectivity index is 1.84. The number of nitrogens with one attached hydrogen (secondary N) is 1. The number of anilines is 2. The van der Waals surface area contributed by atoms with Gasteiger partial charge in [-0.05, 0) is 42.5 Å². The first-order valence-electron chi connectivity index (χ1n) is 9.21. The summed E-state index contributed by atoms with van der Waals surface area (Å²) in [4.78, 5) is 12.8. The molecule has 0 spiro atoms. The largest absolute Gasteiger partial charge is 0.495 e. The molecular formula is C22H21ClN2O5S. The lowest BCUT2D eigenvalue weighted by Crippen LogP contribution is -2.37. The SMILES string of the molecule is COc1ccc(Cl)cc1N(CC(=O)Nc1ccccc1Oc1ccccc1)S(C)(=O)=O. The molecule has 0 aliphatic heterocycles. The molecule has 0 radical (unpaired) electrons. The van der Waals surface area contributed by atoms with Gasteiger partial charge in [-0.3, -0.25) is 9.10 Å². The number of carbonyl (C=O) groups is 1. The molecule has 0 atom stereocenters. The van der Waals surface area contributed by atoms with Crippen LogP contribution < -0.4 is 19.1 Å². The lowest BCUT2D eigenvalue weighted by atomic mass is 10.2. The topological polar surface area (TPSA) is 84.9 Å². The number of hydrogen-bond donors (Lipinski definition) is 1. The molecule has 0 saturated heterocycles. The van der Waals surface area contributed by atoms with Crippen LogP contribution in [0.3, 0.4) is 0 Å². The Bertz CT molecular complexity index is 1170. The van der Waals surface area contributed by atoms with E-state index in [0.717, 1.165) is 10.6 Å². The normalized spacial score (nSPS) is 10.9. The fourth-order valence-electron chi connectivity index (χ4n) is 2.83. The average molecular weight is 461 g/mol. The molecule has 9 heteroatoms. The predicted octanol–water partition coefficient (Wildman–Crippen LogP) is 4.55. The Morgan fingerprint density at radius 2 is 1.68 bits per heavy atom. The van der Waals surface area contributed by atoms with E-state index < -0.39 is 22.5 Å². The van der Waals surface area contributed by atoms with Crippen molar-refractivity contribution in [2.24, 2.45) is 0 Å². The molecule has 0 fully saturated rings. The zero-order valence-electron chi connectivity index (χ0n) is 16.9. The Hall–Kier alpha value is -3.23. The Kier molecular flexibility index (Phi) is 7.04. The maximum Gasteiger partial charge on any atom is 0.245 e. The van der Waals surface area contributed by atoms with Crippen molar-refractivity contribution in [3.05, 3.63) is 77.8 Å². The molecule has 31 heavy (non-hydrogen) atoms. The van der Waals surface area contributed by atoms with Crippen molar-refractivity contribution in [3.63, 3.8) is 0 Å². The van der Waals surface area contributed by atoms with Crippen LogP contribution in [-0.4, -0.2) is 34.2 Å². The summed E-state index contributed by atoms with van der Waals surface area (Å²) in [5.74, 6) is 0.742. The van der Waals surface area contributed by atoms with E-state index in [2.05, 4.69) is 5.32 Å². The highest BCUT2D eigenvalue weighted by Gasteiger charge is 2.25. The van der Waals surface area contributed by atoms with Crippen LogP contribution in [0.15, 0.2) is 72.8 Å². The zero-order valence-corrected chi connectivity index (χ0v) is 18.5. The number of methoxy groups -OCH3 is 1. The van der Waals surface area contributed by atoms with Crippen LogP contribution in [0.4, 0.5) is 11.4 Å². The van der Waals surface area contributed by atoms with Crippen LogP contribution in [0.2, 0.25) is 5.02 Å². The Morgan fingerprint density at radius 3 is 2.35 bits per heavy atom. The summed E-state index contributed by atoms with van der Waals surface area (Å²) >= 11 is 6.04. The zero-order chi connectivity index (χ0) is 22.4. The van der Waals surface area contributed by atoms with Crippen LogP contribution in [0.1, 0.15) is 0 Å². The number of sulfonamides is 1. The van der Waals surface area contributed by atoms with Crippen molar-refractivity contribution in [1.82, 2.24) is 0 Å². The number of ether oxygens (including phenoxy) is 2. The molecule has 7 nitrogen and oxygen atoms in total. The lowest BCUT2D eigenvalue weighted by Gasteiger charge is -2.24. The van der Waals surface area contributed by atoms with E-state index >= 15 is 0 Å². The second-order valence-corrected chi connectivity index (χ2v) is 8.89. The highest BCUT2D eigenvalue weighted by atomic mass is 35.5. The number of nitrogens with zero attached hydrogens (tertiary/aromatic N) is 1. The second-order valence-electron chi connectivity index (χ2n) is 6.55. The van der Waals surface area contributed by atoms with Gasteiger partial charge in [0.05, 0.1) is 24.7 Å². The standard InChI is InChI=1S/C22H21ClN2O5S/c1-29-21-13-12-16(23)14-19(21)25(31(2,27)28)15-22(26)24-18-10-6-7-11-20(18)30-17-8-4-3-5-9-17/h3-14H,15H2,1-2H3,(H,24,26). The van der Waals surface area contributed by atoms with Crippen LogP contribution in [0, 0.1) is 0 Å². The van der Waals surface area contributed by atoms with Gasteiger partial charge in [0.1, 0.15) is 18.0 Å². The van der Waals surface area contributed by atoms with E-state index in [0.29, 0.717) is 22.2 Å². The van der Waals surface area contributed by atoms with Gasteiger partial charge in [0, 0.05) is 5.02 Å². The van der Waals surface area contributed by atoms with Gasteiger partial charge in [-0.1, -0.05) is 41.9 Å². The molecule has 0 aliphatic rings. The average Bonchev–Trinajstić information content (AvgIpc) is 2.73. The summed E-state index contributed by atoms with van der Waals surface area (Å²) in [7, 11) is -2.40. The molecule has 0 aromatic heterocycles. The number of hydrogen-bond acceptors (Lipinski definition) is 5. The molecule has 3 rings (SSSR count). The molecule has 0 saturated carbocycles. The molecule has 3 aromatic carbocycles. The first-order valence-corrected chi connectivity index (χ1v) is 11.4. The van der Waals surface area contributed by atoms with E-state index in [1.165, 1.54) is 19.2 Å². The van der Waals surface area contributed by atoms with Crippen molar-refractivity contribution in [2.45, 2.75) is 0 Å². The molecule has 3 aromatic rings. The minimum Gasteiger partial charge on any atom is -0.495 e. The highest BCUT2D eigenvalue weighted by Crippen LogP contribution is 2.33. The Morgan fingerprint density at radius 1 is 1.00 bits per heavy atom. The Labute approximate surface area is 186 Å². The summed E-state index contributed by atoms with van der Waals surface area (Å²) < 4.78 is 36.9. The maximum atomic E-state index is 12.8. The third-order valence-corrected chi connectivity index (χ3v) is 5.59. The summed E-state index contributed by atoms with van der Waals surface area (Å²) in [5.41, 5.74) is 0.573. The third kappa shape index (κ3) is 5.90. The van der Waals surface area contributed by atoms with Gasteiger partial charge in [-0.2, -0.15) is 0 Å². The van der Waals surface area contributed by atoms with Crippen molar-refractivity contribution < 1.29 is 22.7 Å². The number of amides is 1. The van der Waals surface area contributed by atoms with Crippen molar-refractivity contribution in [2.75, 3.05) is 29.5 Å². The number of halogens is 1. The molecule has 0 unspecified atom stereocenters. The summed E-state index contributed by atoms with van der Waals surface area (Å²) in [5, 5.41) is 3.02. The number of benzene rings is 3. The maximum absolute atomic E-state index is 12.8. The summed E-state index contributed by atoms with van der Waals surface area (Å²) in [6.07, 6.45) is 1.01. The summed E-state index contributed by atoms with van der Waals surface area (Å²) in [6, 6.07) is 20.5. The van der Waals surface area contributed by atoms with Gasteiger partial charge in [0.25, 0.3) is 0 Å². The molecule has 0 bridgehead atoms. The monoisotopic (exact) mass is 460 g/mol. The van der Waals surface area contributed by atoms with E-state index in [9.17, 15) is 13.2 Å². The molecule has 0 heterocycles. The smallest absolute Gasteiger partial charge is 0.245 e. The third-order valence-electron chi connectivity index (χ3n) is 4.23. The van der Waals surface area contributed by atoms with Crippen LogP contribution in [-0.2, 0) is 14.8 Å².